The Kier molecular flexibility index (Phi) is 3.56. The van der Waals surface area contributed by atoms with Gasteiger partial charge in [-0.3, -0.25) is 0 Å². The summed E-state index contributed by atoms with van der Waals surface area (Å²) < 4.78 is 0. The van der Waals surface area contributed by atoms with E-state index < -0.39 is 0 Å². The van der Waals surface area contributed by atoms with Gasteiger partial charge in [0.05, 0.1) is 0 Å². The summed E-state index contributed by atoms with van der Waals surface area (Å²) in [6.45, 7) is 5.58. The van der Waals surface area contributed by atoms with Crippen LogP contribution in [0.2, 0.25) is 0 Å². The number of hydrogen-bond donors (Lipinski definition) is 2. The second-order valence-corrected chi connectivity index (χ2v) is 2.76. The largest absolute Gasteiger partial charge is 0.382 e. The lowest BCUT2D eigenvalue weighted by Gasteiger charge is -2.02. The van der Waals surface area contributed by atoms with Gasteiger partial charge in [0.1, 0.15) is 5.69 Å². The van der Waals surface area contributed by atoms with Crippen molar-refractivity contribution in [2.75, 3.05) is 11.5 Å². The molecule has 0 atom stereocenters. The lowest BCUT2D eigenvalue weighted by Crippen LogP contribution is -2.06. The van der Waals surface area contributed by atoms with Crippen LogP contribution in [0.25, 0.3) is 5.57 Å². The molecule has 4 N–H and O–H groups in total. The fourth-order valence-electron chi connectivity index (χ4n) is 1.00. The summed E-state index contributed by atoms with van der Waals surface area (Å²) in [7, 11) is 0. The van der Waals surface area contributed by atoms with Crippen LogP contribution >= 0.6 is 0 Å². The number of hydrogen-bond acceptors (Lipinski definition) is 5. The first-order chi connectivity index (χ1) is 7.19. The topological polar surface area (TPSA) is 90.7 Å². The molecule has 0 unspecified atom stereocenters. The molecule has 0 fully saturated rings. The van der Waals surface area contributed by atoms with E-state index in [0.717, 1.165) is 5.57 Å². The van der Waals surface area contributed by atoms with Crippen LogP contribution in [0, 0.1) is 0 Å². The summed E-state index contributed by atoms with van der Waals surface area (Å²) in [5.41, 5.74) is 12.2. The van der Waals surface area contributed by atoms with Crippen molar-refractivity contribution < 1.29 is 0 Å². The molecule has 0 aromatic carbocycles. The average molecular weight is 203 g/mol. The second kappa shape index (κ2) is 4.90. The molecule has 0 aliphatic heterocycles. The summed E-state index contributed by atoms with van der Waals surface area (Å²) in [6.07, 6.45) is 7.20. The van der Waals surface area contributed by atoms with Gasteiger partial charge in [-0.15, -0.1) is 10.2 Å². The van der Waals surface area contributed by atoms with Crippen molar-refractivity contribution in [3.63, 3.8) is 0 Å². The highest BCUT2D eigenvalue weighted by Crippen LogP contribution is 2.17. The molecule has 1 aromatic rings. The number of allylic oxidation sites excluding steroid dienone is 5. The number of nitrogens with zero attached hydrogens (tertiary/aromatic N) is 3. The van der Waals surface area contributed by atoms with E-state index in [0.29, 0.717) is 5.69 Å². The first-order valence-corrected chi connectivity index (χ1v) is 4.40. The van der Waals surface area contributed by atoms with Gasteiger partial charge in [-0.05, 0) is 6.92 Å². The highest BCUT2D eigenvalue weighted by atomic mass is 15.2. The van der Waals surface area contributed by atoms with Crippen molar-refractivity contribution in [2.24, 2.45) is 0 Å². The Balaban J connectivity index is 3.18. The van der Waals surface area contributed by atoms with Gasteiger partial charge in [-0.1, -0.05) is 30.9 Å². The van der Waals surface area contributed by atoms with E-state index in [1.54, 1.807) is 6.08 Å². The van der Waals surface area contributed by atoms with Crippen LogP contribution < -0.4 is 11.5 Å². The summed E-state index contributed by atoms with van der Waals surface area (Å²) in [6, 6.07) is 0. The highest BCUT2D eigenvalue weighted by molar-refractivity contribution is 5.77. The van der Waals surface area contributed by atoms with Gasteiger partial charge in [0, 0.05) is 5.57 Å². The van der Waals surface area contributed by atoms with Crippen molar-refractivity contribution >= 4 is 17.3 Å². The van der Waals surface area contributed by atoms with Crippen LogP contribution in [0.3, 0.4) is 0 Å². The molecule has 5 heteroatoms. The van der Waals surface area contributed by atoms with E-state index in [1.807, 2.05) is 25.2 Å². The monoisotopic (exact) mass is 203 g/mol. The standard InChI is InChI=1S/C10H13N5/c1-3-5-6-7(4-2)8-9(11)13-10(12)15-14-8/h3-6H,2H2,1H3,(H4,11,12,13,15). The number of anilines is 2. The van der Waals surface area contributed by atoms with Gasteiger partial charge >= 0.3 is 0 Å². The Hall–Kier alpha value is -2.17. The maximum Gasteiger partial charge on any atom is 0.242 e. The molecule has 0 spiro atoms. The first kappa shape index (κ1) is 10.9. The summed E-state index contributed by atoms with van der Waals surface area (Å²) in [5, 5.41) is 7.51. The van der Waals surface area contributed by atoms with Crippen LogP contribution in [0.4, 0.5) is 11.8 Å². The van der Waals surface area contributed by atoms with Crippen molar-refractivity contribution in [1.29, 1.82) is 0 Å². The second-order valence-electron chi connectivity index (χ2n) is 2.76. The van der Waals surface area contributed by atoms with Crippen molar-refractivity contribution in [1.82, 2.24) is 15.2 Å². The van der Waals surface area contributed by atoms with Gasteiger partial charge in [-0.25, -0.2) is 0 Å². The van der Waals surface area contributed by atoms with Gasteiger partial charge in [0.25, 0.3) is 0 Å². The number of nitrogens with two attached hydrogens (primary N) is 2. The lowest BCUT2D eigenvalue weighted by molar-refractivity contribution is 0.976. The van der Waals surface area contributed by atoms with E-state index in [9.17, 15) is 0 Å². The normalized spacial score (nSPS) is 11.9. The predicted octanol–water partition coefficient (Wildman–Crippen LogP) is 1.18. The molecule has 1 rings (SSSR count). The molecule has 0 amide bonds. The Morgan fingerprint density at radius 1 is 1.33 bits per heavy atom. The van der Waals surface area contributed by atoms with Crippen molar-refractivity contribution in [2.45, 2.75) is 6.92 Å². The molecule has 5 nitrogen and oxygen atoms in total. The third-order valence-corrected chi connectivity index (χ3v) is 1.69. The molecular formula is C10H13N5. The number of rotatable bonds is 3. The molecular weight excluding hydrogens is 190 g/mol. The van der Waals surface area contributed by atoms with E-state index >= 15 is 0 Å². The zero-order valence-electron chi connectivity index (χ0n) is 8.51. The van der Waals surface area contributed by atoms with Gasteiger partial charge in [0.2, 0.25) is 5.95 Å². The minimum atomic E-state index is 0.0608. The van der Waals surface area contributed by atoms with Crippen LogP contribution in [-0.2, 0) is 0 Å². The molecule has 15 heavy (non-hydrogen) atoms. The van der Waals surface area contributed by atoms with E-state index in [1.165, 1.54) is 0 Å². The lowest BCUT2D eigenvalue weighted by atomic mass is 10.1. The molecule has 1 aromatic heterocycles. The van der Waals surface area contributed by atoms with Crippen molar-refractivity contribution in [3.05, 3.63) is 36.6 Å². The van der Waals surface area contributed by atoms with E-state index in [-0.39, 0.29) is 11.8 Å². The fraction of sp³-hybridized carbons (Fsp3) is 0.100. The zero-order chi connectivity index (χ0) is 11.3. The Labute approximate surface area is 88.2 Å². The quantitative estimate of drug-likeness (QED) is 0.720. The van der Waals surface area contributed by atoms with Crippen molar-refractivity contribution in [3.8, 4) is 0 Å². The average Bonchev–Trinajstić information content (AvgIpc) is 2.21. The third kappa shape index (κ3) is 2.63. The molecule has 0 bridgehead atoms. The molecule has 0 aliphatic carbocycles. The Bertz CT molecular complexity index is 420. The molecule has 0 aliphatic rings. The van der Waals surface area contributed by atoms with E-state index in [4.69, 9.17) is 11.5 Å². The summed E-state index contributed by atoms with van der Waals surface area (Å²) >= 11 is 0. The maximum atomic E-state index is 5.66. The Morgan fingerprint density at radius 2 is 2.07 bits per heavy atom. The number of nitrogen functional groups attached to an aromatic ring is 2. The third-order valence-electron chi connectivity index (χ3n) is 1.69. The Morgan fingerprint density at radius 3 is 2.60 bits per heavy atom. The van der Waals surface area contributed by atoms with E-state index in [2.05, 4.69) is 21.8 Å². The van der Waals surface area contributed by atoms with Gasteiger partial charge < -0.3 is 11.5 Å². The molecule has 1 heterocycles. The molecule has 0 saturated carbocycles. The minimum absolute atomic E-state index is 0.0608. The fourth-order valence-corrected chi connectivity index (χ4v) is 1.00. The molecule has 0 saturated heterocycles. The van der Waals surface area contributed by atoms with Gasteiger partial charge in [-0.2, -0.15) is 4.98 Å². The van der Waals surface area contributed by atoms with Crippen LogP contribution in [0.1, 0.15) is 12.6 Å². The van der Waals surface area contributed by atoms with Crippen LogP contribution in [0.5, 0.6) is 0 Å². The molecule has 0 radical (unpaired) electrons. The highest BCUT2D eigenvalue weighted by Gasteiger charge is 2.06. The predicted molar refractivity (Wildman–Crippen MR) is 61.6 cm³/mol. The zero-order valence-corrected chi connectivity index (χ0v) is 8.51. The summed E-state index contributed by atoms with van der Waals surface area (Å²) in [4.78, 5) is 3.82. The molecule has 78 valence electrons. The smallest absolute Gasteiger partial charge is 0.242 e. The number of aromatic nitrogens is 3. The SMILES string of the molecule is C=CC(=CC=CC)c1nnc(N)nc1N. The maximum absolute atomic E-state index is 5.66. The van der Waals surface area contributed by atoms with Crippen LogP contribution in [0.15, 0.2) is 30.9 Å². The first-order valence-electron chi connectivity index (χ1n) is 4.40. The van der Waals surface area contributed by atoms with Gasteiger partial charge in [0.15, 0.2) is 5.82 Å². The minimum Gasteiger partial charge on any atom is -0.382 e. The summed E-state index contributed by atoms with van der Waals surface area (Å²) in [5.74, 6) is 0.309. The van der Waals surface area contributed by atoms with Crippen LogP contribution in [-0.4, -0.2) is 15.2 Å².